The van der Waals surface area contributed by atoms with Crippen LogP contribution < -0.4 is 0 Å². The molecule has 0 bridgehead atoms. The quantitative estimate of drug-likeness (QED) is 0.722. The minimum atomic E-state index is -0.539. The van der Waals surface area contributed by atoms with Crippen molar-refractivity contribution in [2.45, 2.75) is 44.1 Å². The van der Waals surface area contributed by atoms with Gasteiger partial charge in [-0.15, -0.1) is 0 Å². The van der Waals surface area contributed by atoms with Crippen molar-refractivity contribution in [3.63, 3.8) is 0 Å². The lowest BCUT2D eigenvalue weighted by Gasteiger charge is -2.39. The van der Waals surface area contributed by atoms with E-state index in [4.69, 9.17) is 18.9 Å². The van der Waals surface area contributed by atoms with Gasteiger partial charge in [0.2, 0.25) is 0 Å². The Hall–Kier alpha value is -1.34. The molecular formula is C16H21FO5. The molecule has 122 valence electrons. The van der Waals surface area contributed by atoms with E-state index in [1.54, 1.807) is 25.3 Å². The lowest BCUT2D eigenvalue weighted by Crippen LogP contribution is -2.49. The summed E-state index contributed by atoms with van der Waals surface area (Å²) in [6.07, 6.45) is -0.131. The van der Waals surface area contributed by atoms with Gasteiger partial charge >= 0.3 is 0 Å². The summed E-state index contributed by atoms with van der Waals surface area (Å²) in [6, 6.07) is 6.43. The smallest absolute Gasteiger partial charge is 0.183 e. The SMILES string of the molecule is CO[C@H]1O[C@H](CC=O)[C@@H](OCc2ccccc2F)C[C@H]1OC. The van der Waals surface area contributed by atoms with Crippen LogP contribution in [0.5, 0.6) is 0 Å². The van der Waals surface area contributed by atoms with Crippen molar-refractivity contribution in [3.05, 3.63) is 35.6 Å². The molecule has 0 spiro atoms. The minimum Gasteiger partial charge on any atom is -0.376 e. The summed E-state index contributed by atoms with van der Waals surface area (Å²) < 4.78 is 35.7. The zero-order chi connectivity index (χ0) is 15.9. The molecule has 1 heterocycles. The number of halogens is 1. The molecular weight excluding hydrogens is 291 g/mol. The van der Waals surface area contributed by atoms with E-state index in [2.05, 4.69) is 0 Å². The molecule has 0 unspecified atom stereocenters. The molecule has 5 nitrogen and oxygen atoms in total. The van der Waals surface area contributed by atoms with Crippen LogP contribution in [0.2, 0.25) is 0 Å². The van der Waals surface area contributed by atoms with Gasteiger partial charge in [0.05, 0.1) is 18.8 Å². The highest BCUT2D eigenvalue weighted by atomic mass is 19.1. The molecule has 0 radical (unpaired) electrons. The van der Waals surface area contributed by atoms with Gasteiger partial charge in [0.15, 0.2) is 6.29 Å². The summed E-state index contributed by atoms with van der Waals surface area (Å²) in [7, 11) is 3.09. The van der Waals surface area contributed by atoms with Crippen LogP contribution in [0.25, 0.3) is 0 Å². The zero-order valence-corrected chi connectivity index (χ0v) is 12.7. The predicted molar refractivity (Wildman–Crippen MR) is 76.7 cm³/mol. The molecule has 1 saturated heterocycles. The van der Waals surface area contributed by atoms with Gasteiger partial charge in [0.1, 0.15) is 18.2 Å². The summed E-state index contributed by atoms with van der Waals surface area (Å²) >= 11 is 0. The molecule has 0 aromatic heterocycles. The van der Waals surface area contributed by atoms with Crippen LogP contribution in [-0.4, -0.2) is 45.1 Å². The maximum atomic E-state index is 13.6. The number of rotatable bonds is 7. The first-order valence-corrected chi connectivity index (χ1v) is 7.19. The fourth-order valence-electron chi connectivity index (χ4n) is 2.54. The van der Waals surface area contributed by atoms with Crippen molar-refractivity contribution in [2.75, 3.05) is 14.2 Å². The average Bonchev–Trinajstić information content (AvgIpc) is 2.54. The number of hydrogen-bond acceptors (Lipinski definition) is 5. The van der Waals surface area contributed by atoms with Crippen LogP contribution >= 0.6 is 0 Å². The molecule has 22 heavy (non-hydrogen) atoms. The average molecular weight is 312 g/mol. The van der Waals surface area contributed by atoms with Crippen molar-refractivity contribution < 1.29 is 28.1 Å². The molecule has 1 aromatic rings. The van der Waals surface area contributed by atoms with Gasteiger partial charge in [-0.3, -0.25) is 0 Å². The molecule has 6 heteroatoms. The fraction of sp³-hybridized carbons (Fsp3) is 0.562. The second-order valence-corrected chi connectivity index (χ2v) is 5.13. The highest BCUT2D eigenvalue weighted by Gasteiger charge is 2.38. The Morgan fingerprint density at radius 2 is 2.05 bits per heavy atom. The van der Waals surface area contributed by atoms with Crippen molar-refractivity contribution in [3.8, 4) is 0 Å². The summed E-state index contributed by atoms with van der Waals surface area (Å²) in [5, 5.41) is 0. The van der Waals surface area contributed by atoms with Crippen molar-refractivity contribution in [2.24, 2.45) is 0 Å². The first-order chi connectivity index (χ1) is 10.7. The second-order valence-electron chi connectivity index (χ2n) is 5.13. The molecule has 0 amide bonds. The molecule has 0 saturated carbocycles. The van der Waals surface area contributed by atoms with E-state index >= 15 is 0 Å². The largest absolute Gasteiger partial charge is 0.376 e. The zero-order valence-electron chi connectivity index (χ0n) is 12.7. The maximum Gasteiger partial charge on any atom is 0.183 e. The molecule has 1 aliphatic rings. The van der Waals surface area contributed by atoms with Crippen LogP contribution in [0, 0.1) is 5.82 Å². The molecule has 4 atom stereocenters. The van der Waals surface area contributed by atoms with E-state index in [0.29, 0.717) is 12.0 Å². The number of methoxy groups -OCH3 is 2. The number of ether oxygens (including phenoxy) is 4. The van der Waals surface area contributed by atoms with Gasteiger partial charge in [-0.05, 0) is 6.07 Å². The van der Waals surface area contributed by atoms with Crippen molar-refractivity contribution in [1.29, 1.82) is 0 Å². The number of carbonyl (C=O) groups is 1. The third-order valence-corrected chi connectivity index (χ3v) is 3.77. The molecule has 1 aromatic carbocycles. The first-order valence-electron chi connectivity index (χ1n) is 7.19. The molecule has 0 aliphatic carbocycles. The van der Waals surface area contributed by atoms with E-state index < -0.39 is 12.4 Å². The highest BCUT2D eigenvalue weighted by molar-refractivity contribution is 5.50. The summed E-state index contributed by atoms with van der Waals surface area (Å²) in [6.45, 7) is 0.115. The van der Waals surface area contributed by atoms with Gasteiger partial charge in [0, 0.05) is 32.6 Å². The Labute approximate surface area is 129 Å². The number of benzene rings is 1. The van der Waals surface area contributed by atoms with Crippen LogP contribution in [0.3, 0.4) is 0 Å². The predicted octanol–water partition coefficient (Wildman–Crippen LogP) is 2.08. The van der Waals surface area contributed by atoms with Gasteiger partial charge in [-0.1, -0.05) is 18.2 Å². The molecule has 2 rings (SSSR count). The Morgan fingerprint density at radius 1 is 1.27 bits per heavy atom. The number of carbonyl (C=O) groups excluding carboxylic acids is 1. The third-order valence-electron chi connectivity index (χ3n) is 3.77. The third kappa shape index (κ3) is 4.10. The van der Waals surface area contributed by atoms with E-state index in [9.17, 15) is 9.18 Å². The first kappa shape index (κ1) is 17.0. The standard InChI is InChI=1S/C16H21FO5/c1-19-15-9-14(13(7-8-18)22-16(15)20-2)21-10-11-5-3-4-6-12(11)17/h3-6,8,13-16H,7,9-10H2,1-2H3/t13-,14+,15-,16+/m1/s1. The van der Waals surface area contributed by atoms with Gasteiger partial charge in [-0.25, -0.2) is 4.39 Å². The van der Waals surface area contributed by atoms with Crippen LogP contribution in [0.1, 0.15) is 18.4 Å². The Kier molecular flexibility index (Phi) is 6.45. The Morgan fingerprint density at radius 3 is 2.68 bits per heavy atom. The lowest BCUT2D eigenvalue weighted by atomic mass is 10.00. The lowest BCUT2D eigenvalue weighted by molar-refractivity contribution is -0.268. The second kappa shape index (κ2) is 8.33. The number of hydrogen-bond donors (Lipinski definition) is 0. The Balaban J connectivity index is 2.02. The summed E-state index contributed by atoms with van der Waals surface area (Å²) in [4.78, 5) is 10.8. The number of aldehydes is 1. The van der Waals surface area contributed by atoms with E-state index in [1.165, 1.54) is 13.2 Å². The van der Waals surface area contributed by atoms with Gasteiger partial charge in [-0.2, -0.15) is 0 Å². The van der Waals surface area contributed by atoms with Crippen molar-refractivity contribution >= 4 is 6.29 Å². The van der Waals surface area contributed by atoms with Gasteiger partial charge in [0.25, 0.3) is 0 Å². The molecule has 0 N–H and O–H groups in total. The Bertz CT molecular complexity index is 481. The summed E-state index contributed by atoms with van der Waals surface area (Å²) in [5.74, 6) is -0.316. The maximum absolute atomic E-state index is 13.6. The van der Waals surface area contributed by atoms with Crippen LogP contribution in [0.4, 0.5) is 4.39 Å². The van der Waals surface area contributed by atoms with E-state index in [0.717, 1.165) is 6.29 Å². The van der Waals surface area contributed by atoms with Crippen LogP contribution in [-0.2, 0) is 30.3 Å². The highest BCUT2D eigenvalue weighted by Crippen LogP contribution is 2.27. The van der Waals surface area contributed by atoms with E-state index in [-0.39, 0.29) is 31.1 Å². The topological polar surface area (TPSA) is 54.0 Å². The normalized spacial score (nSPS) is 28.5. The fourth-order valence-corrected chi connectivity index (χ4v) is 2.54. The van der Waals surface area contributed by atoms with E-state index in [1.807, 2.05) is 0 Å². The van der Waals surface area contributed by atoms with Gasteiger partial charge < -0.3 is 23.7 Å². The molecule has 1 aliphatic heterocycles. The van der Waals surface area contributed by atoms with Crippen LogP contribution in [0.15, 0.2) is 24.3 Å². The van der Waals surface area contributed by atoms with Crippen molar-refractivity contribution in [1.82, 2.24) is 0 Å². The summed E-state index contributed by atoms with van der Waals surface area (Å²) in [5.41, 5.74) is 0.468. The monoisotopic (exact) mass is 312 g/mol. The molecule has 1 fully saturated rings. The minimum absolute atomic E-state index is 0.115.